The van der Waals surface area contributed by atoms with Gasteiger partial charge in [0.25, 0.3) is 0 Å². The first-order valence-electron chi connectivity index (χ1n) is 7.69. The Labute approximate surface area is 163 Å². The first-order chi connectivity index (χ1) is 12.5. The van der Waals surface area contributed by atoms with Gasteiger partial charge in [0, 0.05) is 10.2 Å². The van der Waals surface area contributed by atoms with Crippen LogP contribution in [0.1, 0.15) is 11.6 Å². The number of anilines is 3. The van der Waals surface area contributed by atoms with Crippen molar-refractivity contribution in [1.29, 1.82) is 0 Å². The van der Waals surface area contributed by atoms with E-state index < -0.39 is 11.9 Å². The zero-order valence-electron chi connectivity index (χ0n) is 13.5. The van der Waals surface area contributed by atoms with Crippen LogP contribution in [-0.2, 0) is 4.79 Å². The molecule has 3 aromatic rings. The number of aromatic nitrogens is 2. The molecule has 8 heteroatoms. The molecule has 0 aliphatic heterocycles. The molecule has 3 rings (SSSR count). The second kappa shape index (κ2) is 8.16. The second-order valence-corrected chi connectivity index (χ2v) is 6.74. The molecule has 26 heavy (non-hydrogen) atoms. The number of primary amides is 1. The third-order valence-electron chi connectivity index (χ3n) is 3.52. The van der Waals surface area contributed by atoms with Crippen LogP contribution in [0.5, 0.6) is 0 Å². The Morgan fingerprint density at radius 2 is 1.92 bits per heavy atom. The highest BCUT2D eigenvalue weighted by Gasteiger charge is 2.19. The lowest BCUT2D eigenvalue weighted by molar-refractivity contribution is -0.118. The molecule has 0 saturated carbocycles. The van der Waals surface area contributed by atoms with E-state index in [0.717, 1.165) is 15.7 Å². The lowest BCUT2D eigenvalue weighted by atomic mass is 10.1. The fourth-order valence-electron chi connectivity index (χ4n) is 2.32. The molecule has 0 saturated heterocycles. The van der Waals surface area contributed by atoms with E-state index in [1.807, 2.05) is 42.5 Å². The van der Waals surface area contributed by atoms with Crippen molar-refractivity contribution < 1.29 is 4.79 Å². The first kappa shape index (κ1) is 18.2. The third-order valence-corrected chi connectivity index (χ3v) is 4.29. The number of amides is 1. The monoisotopic (exact) mass is 431 g/mol. The van der Waals surface area contributed by atoms with Crippen molar-refractivity contribution in [3.8, 4) is 0 Å². The molecule has 0 fully saturated rings. The summed E-state index contributed by atoms with van der Waals surface area (Å²) in [6, 6.07) is 15.9. The van der Waals surface area contributed by atoms with Crippen LogP contribution in [0, 0.1) is 0 Å². The number of carbonyl (C=O) groups excluding carboxylic acids is 1. The molecule has 1 heterocycles. The highest BCUT2D eigenvalue weighted by Crippen LogP contribution is 2.26. The van der Waals surface area contributed by atoms with Crippen molar-refractivity contribution in [3.63, 3.8) is 0 Å². The van der Waals surface area contributed by atoms with Crippen LogP contribution in [0.3, 0.4) is 0 Å². The van der Waals surface area contributed by atoms with Gasteiger partial charge in [-0.25, -0.2) is 4.98 Å². The molecule has 132 valence electrons. The number of halogens is 2. The molecule has 0 radical (unpaired) electrons. The maximum Gasteiger partial charge on any atom is 0.244 e. The number of carbonyl (C=O) groups is 1. The van der Waals surface area contributed by atoms with Gasteiger partial charge in [0.2, 0.25) is 11.9 Å². The number of nitrogens with two attached hydrogens (primary N) is 1. The summed E-state index contributed by atoms with van der Waals surface area (Å²) in [6.45, 7) is 0. The van der Waals surface area contributed by atoms with Crippen molar-refractivity contribution in [2.24, 2.45) is 5.73 Å². The van der Waals surface area contributed by atoms with Crippen LogP contribution in [0.2, 0.25) is 5.02 Å². The fourth-order valence-corrected chi connectivity index (χ4v) is 2.86. The quantitative estimate of drug-likeness (QED) is 0.541. The van der Waals surface area contributed by atoms with Crippen LogP contribution in [-0.4, -0.2) is 15.9 Å². The van der Waals surface area contributed by atoms with Crippen molar-refractivity contribution in [1.82, 2.24) is 9.97 Å². The Hall–Kier alpha value is -2.64. The van der Waals surface area contributed by atoms with Crippen molar-refractivity contribution in [2.75, 3.05) is 10.6 Å². The van der Waals surface area contributed by atoms with E-state index in [1.165, 1.54) is 6.20 Å². The maximum atomic E-state index is 11.8. The molecule has 0 aliphatic rings. The summed E-state index contributed by atoms with van der Waals surface area (Å²) < 4.78 is 0.920. The van der Waals surface area contributed by atoms with Crippen molar-refractivity contribution >= 4 is 50.9 Å². The predicted octanol–water partition coefficient (Wildman–Crippen LogP) is 4.27. The largest absolute Gasteiger partial charge is 0.368 e. The van der Waals surface area contributed by atoms with Gasteiger partial charge in [-0.15, -0.1) is 0 Å². The molecule has 0 aliphatic carbocycles. The highest BCUT2D eigenvalue weighted by molar-refractivity contribution is 9.10. The average molecular weight is 433 g/mol. The molecule has 1 aromatic heterocycles. The normalized spacial score (nSPS) is 11.6. The van der Waals surface area contributed by atoms with Gasteiger partial charge in [0.05, 0.1) is 6.20 Å². The summed E-state index contributed by atoms with van der Waals surface area (Å²) in [7, 11) is 0. The second-order valence-electron chi connectivity index (χ2n) is 5.42. The molecule has 0 unspecified atom stereocenters. The van der Waals surface area contributed by atoms with Gasteiger partial charge in [0.15, 0.2) is 5.82 Å². The first-order valence-corrected chi connectivity index (χ1v) is 8.86. The van der Waals surface area contributed by atoms with Gasteiger partial charge in [-0.1, -0.05) is 63.9 Å². The number of hydrogen-bond acceptors (Lipinski definition) is 5. The highest BCUT2D eigenvalue weighted by atomic mass is 79.9. The van der Waals surface area contributed by atoms with E-state index in [2.05, 4.69) is 36.5 Å². The zero-order valence-corrected chi connectivity index (χ0v) is 15.8. The summed E-state index contributed by atoms with van der Waals surface area (Å²) in [5, 5.41) is 6.43. The standard InChI is InChI=1S/C18H15BrClN5O/c19-12-7-4-8-13(9-12)23-17-14(20)10-22-18(25-17)24-15(16(21)26)11-5-2-1-3-6-11/h1-10,15H,(H2,21,26)(H2,22,23,24,25)/t15-/m1/s1. The minimum Gasteiger partial charge on any atom is -0.368 e. The van der Waals surface area contributed by atoms with Crippen LogP contribution in [0.15, 0.2) is 65.3 Å². The lowest BCUT2D eigenvalue weighted by Gasteiger charge is -2.16. The van der Waals surface area contributed by atoms with Gasteiger partial charge in [0.1, 0.15) is 11.1 Å². The van der Waals surface area contributed by atoms with Crippen LogP contribution < -0.4 is 16.4 Å². The summed E-state index contributed by atoms with van der Waals surface area (Å²) in [5.74, 6) is 0.120. The van der Waals surface area contributed by atoms with Gasteiger partial charge >= 0.3 is 0 Å². The zero-order chi connectivity index (χ0) is 18.5. The molecular weight excluding hydrogens is 418 g/mol. The van der Waals surface area contributed by atoms with Crippen LogP contribution in [0.25, 0.3) is 0 Å². The molecule has 0 bridgehead atoms. The third kappa shape index (κ3) is 4.50. The summed E-state index contributed by atoms with van der Waals surface area (Å²) >= 11 is 9.60. The van der Waals surface area contributed by atoms with E-state index >= 15 is 0 Å². The SMILES string of the molecule is NC(=O)[C@H](Nc1ncc(Cl)c(Nc2cccc(Br)c2)n1)c1ccccc1. The van der Waals surface area contributed by atoms with E-state index in [0.29, 0.717) is 10.8 Å². The van der Waals surface area contributed by atoms with E-state index in [9.17, 15) is 4.79 Å². The van der Waals surface area contributed by atoms with E-state index in [1.54, 1.807) is 12.1 Å². The fraction of sp³-hybridized carbons (Fsp3) is 0.0556. The van der Waals surface area contributed by atoms with Crippen molar-refractivity contribution in [3.05, 3.63) is 75.9 Å². The van der Waals surface area contributed by atoms with Gasteiger partial charge in [-0.3, -0.25) is 4.79 Å². The Morgan fingerprint density at radius 3 is 2.62 bits per heavy atom. The van der Waals surface area contributed by atoms with Gasteiger partial charge in [-0.05, 0) is 23.8 Å². The molecule has 0 spiro atoms. The lowest BCUT2D eigenvalue weighted by Crippen LogP contribution is -2.28. The number of nitrogens with one attached hydrogen (secondary N) is 2. The smallest absolute Gasteiger partial charge is 0.244 e. The molecule has 1 atom stereocenters. The summed E-state index contributed by atoms with van der Waals surface area (Å²) in [6.07, 6.45) is 1.46. The van der Waals surface area contributed by atoms with E-state index in [-0.39, 0.29) is 5.95 Å². The summed E-state index contributed by atoms with van der Waals surface area (Å²) in [5.41, 5.74) is 7.05. The predicted molar refractivity (Wildman–Crippen MR) is 106 cm³/mol. The number of hydrogen-bond donors (Lipinski definition) is 3. The molecule has 6 nitrogen and oxygen atoms in total. The molecular formula is C18H15BrClN5O. The number of rotatable bonds is 6. The number of nitrogens with zero attached hydrogens (tertiary/aromatic N) is 2. The Balaban J connectivity index is 1.85. The Morgan fingerprint density at radius 1 is 1.15 bits per heavy atom. The van der Waals surface area contributed by atoms with E-state index in [4.69, 9.17) is 17.3 Å². The van der Waals surface area contributed by atoms with Crippen LogP contribution in [0.4, 0.5) is 17.5 Å². The van der Waals surface area contributed by atoms with Crippen molar-refractivity contribution in [2.45, 2.75) is 6.04 Å². The van der Waals surface area contributed by atoms with Gasteiger partial charge in [-0.2, -0.15) is 4.98 Å². The molecule has 2 aromatic carbocycles. The average Bonchev–Trinajstić information content (AvgIpc) is 2.63. The molecule has 1 amide bonds. The minimum absolute atomic E-state index is 0.236. The summed E-state index contributed by atoms with van der Waals surface area (Å²) in [4.78, 5) is 20.3. The topological polar surface area (TPSA) is 92.9 Å². The van der Waals surface area contributed by atoms with Crippen LogP contribution >= 0.6 is 27.5 Å². The number of benzene rings is 2. The van der Waals surface area contributed by atoms with Gasteiger partial charge < -0.3 is 16.4 Å². The molecule has 4 N–H and O–H groups in total. The minimum atomic E-state index is -0.754. The Bertz CT molecular complexity index is 922. The Kier molecular flexibility index (Phi) is 5.70. The maximum absolute atomic E-state index is 11.8.